The second-order valence-electron chi connectivity index (χ2n) is 6.53. The Morgan fingerprint density at radius 3 is 2.92 bits per heavy atom. The summed E-state index contributed by atoms with van der Waals surface area (Å²) in [6, 6.07) is 5.15. The zero-order valence-corrected chi connectivity index (χ0v) is 14.6. The highest BCUT2D eigenvalue weighted by Gasteiger charge is 2.28. The topological polar surface area (TPSA) is 80.3 Å². The zero-order valence-electron chi connectivity index (χ0n) is 13.8. The Bertz CT molecular complexity index is 801. The van der Waals surface area contributed by atoms with E-state index < -0.39 is 17.7 Å². The monoisotopic (exact) mass is 345 g/mol. The highest BCUT2D eigenvalue weighted by Crippen LogP contribution is 2.36. The van der Waals surface area contributed by atoms with Gasteiger partial charge in [0, 0.05) is 33.8 Å². The number of carbonyl (C=O) groups is 2. The van der Waals surface area contributed by atoms with Crippen LogP contribution in [0.25, 0.3) is 10.8 Å². The van der Waals surface area contributed by atoms with Crippen molar-refractivity contribution in [3.8, 4) is 0 Å². The van der Waals surface area contributed by atoms with Gasteiger partial charge >= 0.3 is 6.09 Å². The number of anilines is 1. The third-order valence-electron chi connectivity index (χ3n) is 3.44. The van der Waals surface area contributed by atoms with Gasteiger partial charge in [0.2, 0.25) is 5.91 Å². The normalized spacial score (nSPS) is 17.6. The number of ether oxygens (including phenoxy) is 1. The summed E-state index contributed by atoms with van der Waals surface area (Å²) in [5, 5.41) is 7.45. The summed E-state index contributed by atoms with van der Waals surface area (Å²) in [5.41, 5.74) is 0.156. The Kier molecular flexibility index (Phi) is 4.36. The Balaban J connectivity index is 1.81. The molecule has 3 rings (SSSR count). The van der Waals surface area contributed by atoms with Crippen molar-refractivity contribution < 1.29 is 14.3 Å². The molecular weight excluding hydrogens is 326 g/mol. The molecule has 2 N–H and O–H groups in total. The smallest absolute Gasteiger partial charge is 0.408 e. The predicted octanol–water partition coefficient (Wildman–Crippen LogP) is 3.17. The summed E-state index contributed by atoms with van der Waals surface area (Å²) in [5.74, 6) is 0.186. The molecule has 0 aliphatic carbocycles. The molecule has 6 nitrogen and oxygen atoms in total. The van der Waals surface area contributed by atoms with Gasteiger partial charge in [-0.25, -0.2) is 4.79 Å². The van der Waals surface area contributed by atoms with Crippen LogP contribution >= 0.6 is 11.8 Å². The fraction of sp³-hybridized carbons (Fsp3) is 0.353. The molecule has 1 aromatic carbocycles. The van der Waals surface area contributed by atoms with E-state index in [0.717, 1.165) is 21.4 Å². The van der Waals surface area contributed by atoms with Crippen LogP contribution in [-0.2, 0) is 9.53 Å². The number of pyridine rings is 1. The standard InChI is InChI=1S/C17H19N3O3S/c1-17(2,3)23-16(22)19-12-9-24-13-5-4-10-8-18-7-6-11(10)14(13)20-15(12)21/h4-8,12H,9H2,1-3H3,(H,19,22)(H,20,21)/t12-/m0/s1. The molecule has 2 amide bonds. The minimum Gasteiger partial charge on any atom is -0.444 e. The Labute approximate surface area is 144 Å². The first-order valence-electron chi connectivity index (χ1n) is 7.63. The van der Waals surface area contributed by atoms with Crippen LogP contribution in [0.5, 0.6) is 0 Å². The summed E-state index contributed by atoms with van der Waals surface area (Å²) in [4.78, 5) is 29.5. The number of benzene rings is 1. The second-order valence-corrected chi connectivity index (χ2v) is 7.60. The van der Waals surface area contributed by atoms with E-state index in [1.165, 1.54) is 11.8 Å². The average Bonchev–Trinajstić information content (AvgIpc) is 2.65. The van der Waals surface area contributed by atoms with Crippen LogP contribution in [0.2, 0.25) is 0 Å². The van der Waals surface area contributed by atoms with E-state index in [4.69, 9.17) is 4.74 Å². The van der Waals surface area contributed by atoms with E-state index in [1.807, 2.05) is 18.2 Å². The number of fused-ring (bicyclic) bond motifs is 3. The van der Waals surface area contributed by atoms with Crippen molar-refractivity contribution in [3.05, 3.63) is 30.6 Å². The molecule has 0 unspecified atom stereocenters. The van der Waals surface area contributed by atoms with Gasteiger partial charge < -0.3 is 15.4 Å². The lowest BCUT2D eigenvalue weighted by Crippen LogP contribution is -2.46. The first kappa shape index (κ1) is 16.6. The number of hydrogen-bond donors (Lipinski definition) is 2. The molecular formula is C17H19N3O3S. The van der Waals surface area contributed by atoms with Gasteiger partial charge in [-0.2, -0.15) is 0 Å². The van der Waals surface area contributed by atoms with E-state index in [9.17, 15) is 9.59 Å². The number of nitrogens with zero attached hydrogens (tertiary/aromatic N) is 1. The zero-order chi connectivity index (χ0) is 17.3. The molecule has 2 heterocycles. The number of amides is 2. The fourth-order valence-corrected chi connectivity index (χ4v) is 3.46. The summed E-state index contributed by atoms with van der Waals surface area (Å²) < 4.78 is 5.23. The maximum Gasteiger partial charge on any atom is 0.408 e. The number of hydrogen-bond acceptors (Lipinski definition) is 5. The average molecular weight is 345 g/mol. The number of thioether (sulfide) groups is 1. The van der Waals surface area contributed by atoms with E-state index in [0.29, 0.717) is 5.75 Å². The maximum absolute atomic E-state index is 12.5. The van der Waals surface area contributed by atoms with E-state index in [-0.39, 0.29) is 5.91 Å². The highest BCUT2D eigenvalue weighted by molar-refractivity contribution is 7.99. The highest BCUT2D eigenvalue weighted by atomic mass is 32.2. The number of aromatic nitrogens is 1. The molecule has 0 spiro atoms. The quantitative estimate of drug-likeness (QED) is 0.830. The van der Waals surface area contributed by atoms with Gasteiger partial charge in [0.1, 0.15) is 11.6 Å². The largest absolute Gasteiger partial charge is 0.444 e. The van der Waals surface area contributed by atoms with Crippen LogP contribution < -0.4 is 10.6 Å². The number of carbonyl (C=O) groups excluding carboxylic acids is 2. The molecule has 0 saturated carbocycles. The lowest BCUT2D eigenvalue weighted by Gasteiger charge is -2.22. The molecule has 0 radical (unpaired) electrons. The minimum absolute atomic E-state index is 0.253. The lowest BCUT2D eigenvalue weighted by atomic mass is 10.1. The van der Waals surface area contributed by atoms with Crippen LogP contribution in [0.15, 0.2) is 35.5 Å². The van der Waals surface area contributed by atoms with Crippen LogP contribution in [0.4, 0.5) is 10.5 Å². The van der Waals surface area contributed by atoms with Gasteiger partial charge in [-0.1, -0.05) is 6.07 Å². The van der Waals surface area contributed by atoms with Gasteiger partial charge in [-0.3, -0.25) is 9.78 Å². The third kappa shape index (κ3) is 3.62. The van der Waals surface area contributed by atoms with Crippen LogP contribution in [0.1, 0.15) is 20.8 Å². The summed E-state index contributed by atoms with van der Waals surface area (Å²) in [7, 11) is 0. The number of rotatable bonds is 1. The van der Waals surface area contributed by atoms with Crippen molar-refractivity contribution in [2.24, 2.45) is 0 Å². The fourth-order valence-electron chi connectivity index (χ4n) is 2.41. The van der Waals surface area contributed by atoms with Gasteiger partial charge in [0.05, 0.1) is 5.69 Å². The first-order chi connectivity index (χ1) is 11.3. The molecule has 0 fully saturated rings. The molecule has 1 aliphatic heterocycles. The third-order valence-corrected chi connectivity index (χ3v) is 4.59. The Hall–Kier alpha value is -2.28. The number of alkyl carbamates (subject to hydrolysis) is 1. The summed E-state index contributed by atoms with van der Waals surface area (Å²) in [6.07, 6.45) is 2.86. The van der Waals surface area contributed by atoms with Crippen molar-refractivity contribution in [3.63, 3.8) is 0 Å². The SMILES string of the molecule is CC(C)(C)OC(=O)N[C@H]1CSc2ccc3cnccc3c2NC1=O. The van der Waals surface area contributed by atoms with Crippen molar-refractivity contribution in [1.29, 1.82) is 0 Å². The van der Waals surface area contributed by atoms with Crippen LogP contribution in [0, 0.1) is 0 Å². The first-order valence-corrected chi connectivity index (χ1v) is 8.62. The van der Waals surface area contributed by atoms with Crippen molar-refractivity contribution in [1.82, 2.24) is 10.3 Å². The molecule has 0 bridgehead atoms. The van der Waals surface area contributed by atoms with E-state index in [1.54, 1.807) is 33.2 Å². The van der Waals surface area contributed by atoms with Crippen molar-refractivity contribution in [2.45, 2.75) is 37.3 Å². The van der Waals surface area contributed by atoms with Gasteiger partial charge in [0.15, 0.2) is 0 Å². The Morgan fingerprint density at radius 1 is 1.38 bits per heavy atom. The van der Waals surface area contributed by atoms with Crippen molar-refractivity contribution >= 4 is 40.2 Å². The van der Waals surface area contributed by atoms with E-state index in [2.05, 4.69) is 15.6 Å². The molecule has 2 aromatic rings. The summed E-state index contributed by atoms with van der Waals surface area (Å²) >= 11 is 1.52. The predicted molar refractivity (Wildman–Crippen MR) is 94.3 cm³/mol. The maximum atomic E-state index is 12.5. The molecule has 0 saturated heterocycles. The molecule has 1 atom stereocenters. The second kappa shape index (κ2) is 6.32. The van der Waals surface area contributed by atoms with E-state index >= 15 is 0 Å². The Morgan fingerprint density at radius 2 is 2.17 bits per heavy atom. The molecule has 126 valence electrons. The van der Waals surface area contributed by atoms with Gasteiger partial charge in [0.25, 0.3) is 0 Å². The molecule has 24 heavy (non-hydrogen) atoms. The molecule has 7 heteroatoms. The molecule has 1 aromatic heterocycles. The van der Waals surface area contributed by atoms with Gasteiger partial charge in [-0.15, -0.1) is 11.8 Å². The lowest BCUT2D eigenvalue weighted by molar-refractivity contribution is -0.117. The molecule has 1 aliphatic rings. The number of nitrogens with one attached hydrogen (secondary N) is 2. The van der Waals surface area contributed by atoms with Crippen molar-refractivity contribution in [2.75, 3.05) is 11.1 Å². The van der Waals surface area contributed by atoms with Gasteiger partial charge in [-0.05, 0) is 32.9 Å². The summed E-state index contributed by atoms with van der Waals surface area (Å²) in [6.45, 7) is 5.35. The van der Waals surface area contributed by atoms with Crippen LogP contribution in [0.3, 0.4) is 0 Å². The van der Waals surface area contributed by atoms with Crippen LogP contribution in [-0.4, -0.2) is 34.4 Å². The minimum atomic E-state index is -0.658.